The number of carbonyl (C=O) groups excluding carboxylic acids is 1. The largest absolute Gasteiger partial charge is 0.497 e. The van der Waals surface area contributed by atoms with Gasteiger partial charge < -0.3 is 19.7 Å². The fourth-order valence-electron chi connectivity index (χ4n) is 3.55. The molecular formula is C17H25ClN2O3. The highest BCUT2D eigenvalue weighted by atomic mass is 35.5. The van der Waals surface area contributed by atoms with Crippen LogP contribution < -0.4 is 14.8 Å². The topological polar surface area (TPSA) is 50.8 Å². The van der Waals surface area contributed by atoms with Crippen LogP contribution in [-0.2, 0) is 4.79 Å². The minimum Gasteiger partial charge on any atom is -0.497 e. The van der Waals surface area contributed by atoms with E-state index in [-0.39, 0.29) is 30.3 Å². The number of halogens is 1. The van der Waals surface area contributed by atoms with Crippen molar-refractivity contribution in [2.24, 2.45) is 5.92 Å². The zero-order valence-corrected chi connectivity index (χ0v) is 14.5. The van der Waals surface area contributed by atoms with Gasteiger partial charge in [-0.1, -0.05) is 0 Å². The molecule has 2 atom stereocenters. The van der Waals surface area contributed by atoms with Crippen LogP contribution in [0.15, 0.2) is 18.2 Å². The van der Waals surface area contributed by atoms with Crippen molar-refractivity contribution in [1.82, 2.24) is 10.2 Å². The zero-order chi connectivity index (χ0) is 15.5. The predicted molar refractivity (Wildman–Crippen MR) is 91.5 cm³/mol. The van der Waals surface area contributed by atoms with E-state index in [4.69, 9.17) is 9.47 Å². The molecule has 0 bridgehead atoms. The number of methoxy groups -OCH3 is 2. The number of nitrogens with zero attached hydrogens (tertiary/aromatic N) is 1. The zero-order valence-electron chi connectivity index (χ0n) is 13.7. The van der Waals surface area contributed by atoms with Gasteiger partial charge in [-0.05, 0) is 37.9 Å². The first kappa shape index (κ1) is 17.9. The molecule has 0 radical (unpaired) electrons. The Morgan fingerprint density at radius 2 is 2.09 bits per heavy atom. The third kappa shape index (κ3) is 3.56. The summed E-state index contributed by atoms with van der Waals surface area (Å²) in [6.07, 6.45) is 2.99. The highest BCUT2D eigenvalue weighted by Crippen LogP contribution is 2.39. The second-order valence-electron chi connectivity index (χ2n) is 5.99. The number of nitrogens with one attached hydrogen (secondary N) is 1. The van der Waals surface area contributed by atoms with Gasteiger partial charge >= 0.3 is 0 Å². The first-order valence-electron chi connectivity index (χ1n) is 7.97. The predicted octanol–water partition coefficient (Wildman–Crippen LogP) is 2.40. The lowest BCUT2D eigenvalue weighted by atomic mass is 10.0. The van der Waals surface area contributed by atoms with Gasteiger partial charge in [0.2, 0.25) is 5.91 Å². The number of rotatable bonds is 4. The van der Waals surface area contributed by atoms with Crippen LogP contribution in [0.25, 0.3) is 0 Å². The van der Waals surface area contributed by atoms with Crippen LogP contribution in [0.5, 0.6) is 11.5 Å². The summed E-state index contributed by atoms with van der Waals surface area (Å²) in [6, 6.07) is 5.98. The molecule has 1 N–H and O–H groups in total. The van der Waals surface area contributed by atoms with Crippen molar-refractivity contribution >= 4 is 18.3 Å². The van der Waals surface area contributed by atoms with Crippen molar-refractivity contribution in [3.05, 3.63) is 23.8 Å². The second kappa shape index (κ2) is 7.88. The Balaban J connectivity index is 0.00000192. The molecule has 0 aromatic heterocycles. The summed E-state index contributed by atoms with van der Waals surface area (Å²) >= 11 is 0. The van der Waals surface area contributed by atoms with Crippen LogP contribution in [0.2, 0.25) is 0 Å². The van der Waals surface area contributed by atoms with E-state index < -0.39 is 0 Å². The Kier molecular flexibility index (Phi) is 6.13. The minimum atomic E-state index is 0. The lowest BCUT2D eigenvalue weighted by Gasteiger charge is -2.28. The van der Waals surface area contributed by atoms with Crippen LogP contribution in [0.3, 0.4) is 0 Å². The van der Waals surface area contributed by atoms with Gasteiger partial charge in [-0.15, -0.1) is 12.4 Å². The van der Waals surface area contributed by atoms with Gasteiger partial charge in [0.05, 0.1) is 26.2 Å². The Labute approximate surface area is 143 Å². The Morgan fingerprint density at radius 3 is 2.74 bits per heavy atom. The van der Waals surface area contributed by atoms with Gasteiger partial charge in [0.1, 0.15) is 11.5 Å². The quantitative estimate of drug-likeness (QED) is 0.914. The van der Waals surface area contributed by atoms with E-state index in [9.17, 15) is 4.79 Å². The summed E-state index contributed by atoms with van der Waals surface area (Å²) in [6.45, 7) is 2.59. The van der Waals surface area contributed by atoms with E-state index in [0.29, 0.717) is 0 Å². The lowest BCUT2D eigenvalue weighted by molar-refractivity contribution is -0.135. The average molecular weight is 341 g/mol. The fraction of sp³-hybridized carbons (Fsp3) is 0.588. The molecule has 2 saturated heterocycles. The van der Waals surface area contributed by atoms with Crippen LogP contribution in [-0.4, -0.2) is 44.7 Å². The number of amides is 1. The Hall–Kier alpha value is -1.46. The van der Waals surface area contributed by atoms with E-state index in [1.165, 1.54) is 0 Å². The summed E-state index contributed by atoms with van der Waals surface area (Å²) in [5.74, 6) is 1.99. The average Bonchev–Trinajstić information content (AvgIpc) is 3.24. The molecule has 2 aliphatic heterocycles. The van der Waals surface area contributed by atoms with Gasteiger partial charge in [-0.25, -0.2) is 0 Å². The smallest absolute Gasteiger partial charge is 0.227 e. The van der Waals surface area contributed by atoms with Crippen LogP contribution in [0.1, 0.15) is 30.9 Å². The molecule has 1 amide bonds. The Bertz CT molecular complexity index is 547. The first-order chi connectivity index (χ1) is 10.7. The number of carbonyl (C=O) groups is 1. The number of hydrogen-bond acceptors (Lipinski definition) is 4. The summed E-state index contributed by atoms with van der Waals surface area (Å²) in [5, 5.41) is 3.28. The summed E-state index contributed by atoms with van der Waals surface area (Å²) in [7, 11) is 3.31. The van der Waals surface area contributed by atoms with Gasteiger partial charge in [0.25, 0.3) is 0 Å². The minimum absolute atomic E-state index is 0. The molecule has 23 heavy (non-hydrogen) atoms. The molecule has 2 aliphatic rings. The molecule has 5 nitrogen and oxygen atoms in total. The SMILES string of the molecule is COc1ccc(C2CCCN2C(=O)C2CCNC2)c(OC)c1.Cl. The molecule has 0 saturated carbocycles. The number of likely N-dealkylation sites (tertiary alicyclic amines) is 1. The molecule has 0 aliphatic carbocycles. The van der Waals surface area contributed by atoms with Gasteiger partial charge in [-0.3, -0.25) is 4.79 Å². The fourth-order valence-corrected chi connectivity index (χ4v) is 3.55. The summed E-state index contributed by atoms with van der Waals surface area (Å²) in [5.41, 5.74) is 1.08. The Morgan fingerprint density at radius 1 is 1.26 bits per heavy atom. The van der Waals surface area contributed by atoms with Crippen molar-refractivity contribution in [3.63, 3.8) is 0 Å². The molecule has 128 valence electrons. The van der Waals surface area contributed by atoms with E-state index in [1.807, 2.05) is 23.1 Å². The highest BCUT2D eigenvalue weighted by Gasteiger charge is 2.36. The monoisotopic (exact) mass is 340 g/mol. The summed E-state index contributed by atoms with van der Waals surface area (Å²) in [4.78, 5) is 14.8. The molecule has 2 heterocycles. The number of benzene rings is 1. The maximum atomic E-state index is 12.8. The standard InChI is InChI=1S/C17H24N2O3.ClH/c1-21-13-5-6-14(16(10-13)22-2)15-4-3-9-19(15)17(20)12-7-8-18-11-12;/h5-6,10,12,15,18H,3-4,7-9,11H2,1-2H3;1H. The molecule has 6 heteroatoms. The van der Waals surface area contributed by atoms with Crippen LogP contribution in [0.4, 0.5) is 0 Å². The van der Waals surface area contributed by atoms with E-state index >= 15 is 0 Å². The van der Waals surface area contributed by atoms with E-state index in [1.54, 1.807) is 14.2 Å². The normalized spacial score (nSPS) is 23.5. The van der Waals surface area contributed by atoms with Gasteiger partial charge in [0.15, 0.2) is 0 Å². The number of hydrogen-bond donors (Lipinski definition) is 1. The van der Waals surface area contributed by atoms with E-state index in [0.717, 1.165) is 56.0 Å². The van der Waals surface area contributed by atoms with Crippen LogP contribution in [0, 0.1) is 5.92 Å². The molecular weight excluding hydrogens is 316 g/mol. The van der Waals surface area contributed by atoms with Crippen molar-refractivity contribution in [3.8, 4) is 11.5 Å². The van der Waals surface area contributed by atoms with Crippen molar-refractivity contribution in [1.29, 1.82) is 0 Å². The van der Waals surface area contributed by atoms with Crippen LogP contribution >= 0.6 is 12.4 Å². The summed E-state index contributed by atoms with van der Waals surface area (Å²) < 4.78 is 10.8. The highest BCUT2D eigenvalue weighted by molar-refractivity contribution is 5.85. The third-order valence-corrected chi connectivity index (χ3v) is 4.75. The molecule has 2 unspecified atom stereocenters. The molecule has 2 fully saturated rings. The molecule has 0 spiro atoms. The van der Waals surface area contributed by atoms with Crippen molar-refractivity contribution in [2.45, 2.75) is 25.3 Å². The van der Waals surface area contributed by atoms with Crippen molar-refractivity contribution < 1.29 is 14.3 Å². The van der Waals surface area contributed by atoms with E-state index in [2.05, 4.69) is 5.32 Å². The van der Waals surface area contributed by atoms with Crippen molar-refractivity contribution in [2.75, 3.05) is 33.9 Å². The number of ether oxygens (including phenoxy) is 2. The van der Waals surface area contributed by atoms with Gasteiger partial charge in [0, 0.05) is 24.7 Å². The van der Waals surface area contributed by atoms with Gasteiger partial charge in [-0.2, -0.15) is 0 Å². The maximum absolute atomic E-state index is 12.8. The maximum Gasteiger partial charge on any atom is 0.227 e. The lowest BCUT2D eigenvalue weighted by Crippen LogP contribution is -2.36. The third-order valence-electron chi connectivity index (χ3n) is 4.75. The molecule has 1 aromatic carbocycles. The first-order valence-corrected chi connectivity index (χ1v) is 7.97. The molecule has 1 aromatic rings. The second-order valence-corrected chi connectivity index (χ2v) is 5.99. The molecule has 3 rings (SSSR count).